The number of Topliss-reactive ketones (excluding diaryl/α,β-unsaturated/α-hetero) is 1. The molecule has 8 nitrogen and oxygen atoms in total. The van der Waals surface area contributed by atoms with Gasteiger partial charge >= 0.3 is 5.97 Å². The van der Waals surface area contributed by atoms with Gasteiger partial charge in [-0.3, -0.25) is 14.4 Å². The quantitative estimate of drug-likeness (QED) is 0.419. The zero-order chi connectivity index (χ0) is 24.3. The lowest BCUT2D eigenvalue weighted by Gasteiger charge is -2.17. The van der Waals surface area contributed by atoms with Crippen LogP contribution in [0.5, 0.6) is 0 Å². The van der Waals surface area contributed by atoms with Crippen LogP contribution in [-0.4, -0.2) is 33.8 Å². The normalized spacial score (nSPS) is 11.4. The Kier molecular flexibility index (Phi) is 7.12. The number of ether oxygens (including phenoxy) is 1. The Hall–Kier alpha value is -3.33. The number of nitrogens with zero attached hydrogens (tertiary/aromatic N) is 2. The van der Waals surface area contributed by atoms with Gasteiger partial charge in [0.1, 0.15) is 5.69 Å². The highest BCUT2D eigenvalue weighted by molar-refractivity contribution is 7.14. The van der Waals surface area contributed by atoms with Crippen molar-refractivity contribution < 1.29 is 19.1 Å². The van der Waals surface area contributed by atoms with E-state index in [-0.39, 0.29) is 22.8 Å². The van der Waals surface area contributed by atoms with E-state index in [1.807, 2.05) is 27.7 Å². The van der Waals surface area contributed by atoms with Crippen molar-refractivity contribution in [1.29, 1.82) is 0 Å². The van der Waals surface area contributed by atoms with Gasteiger partial charge in [0.25, 0.3) is 5.56 Å². The SMILES string of the molecule is CCn1c(=O)c(C)nc2cc(C(=O)OCC(=O)c3ccc(CNC(=O)C(C)(C)C)s3)ccc21. The Balaban J connectivity index is 1.64. The molecular weight excluding hydrogens is 442 g/mol. The fourth-order valence-corrected chi connectivity index (χ4v) is 4.03. The molecule has 3 aromatic rings. The summed E-state index contributed by atoms with van der Waals surface area (Å²) in [5.74, 6) is -1.04. The molecule has 9 heteroatoms. The topological polar surface area (TPSA) is 107 Å². The van der Waals surface area contributed by atoms with Crippen LogP contribution in [0.1, 0.15) is 58.3 Å². The summed E-state index contributed by atoms with van der Waals surface area (Å²) in [5, 5.41) is 2.84. The minimum atomic E-state index is -0.645. The van der Waals surface area contributed by atoms with Crippen molar-refractivity contribution in [1.82, 2.24) is 14.9 Å². The Morgan fingerprint density at radius 2 is 1.88 bits per heavy atom. The molecule has 0 saturated carbocycles. The molecule has 1 amide bonds. The number of amides is 1. The number of esters is 1. The van der Waals surface area contributed by atoms with E-state index in [1.165, 1.54) is 11.3 Å². The number of carbonyl (C=O) groups excluding carboxylic acids is 3. The number of fused-ring (bicyclic) bond motifs is 1. The summed E-state index contributed by atoms with van der Waals surface area (Å²) in [7, 11) is 0. The Labute approximate surface area is 195 Å². The van der Waals surface area contributed by atoms with E-state index in [9.17, 15) is 19.2 Å². The van der Waals surface area contributed by atoms with E-state index >= 15 is 0 Å². The lowest BCUT2D eigenvalue weighted by atomic mass is 9.96. The number of hydrogen-bond donors (Lipinski definition) is 1. The van der Waals surface area contributed by atoms with E-state index in [0.29, 0.717) is 34.7 Å². The van der Waals surface area contributed by atoms with Crippen LogP contribution in [0.15, 0.2) is 35.1 Å². The van der Waals surface area contributed by atoms with Gasteiger partial charge in [0.05, 0.1) is 28.0 Å². The standard InChI is InChI=1S/C24H27N3O5S/c1-6-27-18-9-7-15(11-17(18)26-14(2)21(27)29)22(30)32-13-19(28)20-10-8-16(33-20)12-25-23(31)24(3,4)5/h7-11H,6,12-13H2,1-5H3,(H,25,31). The van der Waals surface area contributed by atoms with Crippen LogP contribution >= 0.6 is 11.3 Å². The first-order valence-electron chi connectivity index (χ1n) is 10.6. The third kappa shape index (κ3) is 5.54. The number of rotatable bonds is 7. The summed E-state index contributed by atoms with van der Waals surface area (Å²) < 4.78 is 6.80. The first-order valence-corrected chi connectivity index (χ1v) is 11.4. The number of aryl methyl sites for hydroxylation is 2. The number of hydrogen-bond acceptors (Lipinski definition) is 7. The molecule has 0 aliphatic carbocycles. The van der Waals surface area contributed by atoms with E-state index in [2.05, 4.69) is 10.3 Å². The lowest BCUT2D eigenvalue weighted by molar-refractivity contribution is -0.128. The maximum absolute atomic E-state index is 12.5. The zero-order valence-corrected chi connectivity index (χ0v) is 20.2. The van der Waals surface area contributed by atoms with Crippen molar-refractivity contribution in [3.8, 4) is 0 Å². The van der Waals surface area contributed by atoms with Gasteiger partial charge in [-0.2, -0.15) is 0 Å². The fraction of sp³-hybridized carbons (Fsp3) is 0.375. The van der Waals surface area contributed by atoms with Gasteiger partial charge < -0.3 is 14.6 Å². The van der Waals surface area contributed by atoms with Crippen molar-refractivity contribution in [2.45, 2.75) is 47.7 Å². The number of aromatic nitrogens is 2. The molecule has 2 aromatic heterocycles. The van der Waals surface area contributed by atoms with Crippen molar-refractivity contribution in [3.63, 3.8) is 0 Å². The number of ketones is 1. The molecule has 0 spiro atoms. The van der Waals surface area contributed by atoms with Crippen LogP contribution < -0.4 is 10.9 Å². The molecule has 0 aliphatic rings. The van der Waals surface area contributed by atoms with Crippen molar-refractivity contribution in [2.75, 3.05) is 6.61 Å². The predicted molar refractivity (Wildman–Crippen MR) is 127 cm³/mol. The molecule has 0 unspecified atom stereocenters. The molecule has 0 atom stereocenters. The number of thiophene rings is 1. The van der Waals surface area contributed by atoms with Gasteiger partial charge in [-0.1, -0.05) is 20.8 Å². The molecule has 0 saturated heterocycles. The summed E-state index contributed by atoms with van der Waals surface area (Å²) in [5.41, 5.74) is 1.08. The van der Waals surface area contributed by atoms with E-state index in [0.717, 1.165) is 4.88 Å². The molecule has 0 bridgehead atoms. The average Bonchev–Trinajstić information content (AvgIpc) is 3.24. The van der Waals surface area contributed by atoms with Crippen LogP contribution in [0.3, 0.4) is 0 Å². The van der Waals surface area contributed by atoms with Gasteiger partial charge in [-0.25, -0.2) is 9.78 Å². The van der Waals surface area contributed by atoms with Crippen LogP contribution in [0.25, 0.3) is 11.0 Å². The summed E-state index contributed by atoms with van der Waals surface area (Å²) in [6.07, 6.45) is 0. The van der Waals surface area contributed by atoms with E-state index < -0.39 is 18.0 Å². The molecular formula is C24H27N3O5S. The van der Waals surface area contributed by atoms with Crippen molar-refractivity contribution in [2.24, 2.45) is 5.41 Å². The Morgan fingerprint density at radius 3 is 2.55 bits per heavy atom. The van der Waals surface area contributed by atoms with Gasteiger partial charge in [-0.05, 0) is 44.2 Å². The Morgan fingerprint density at radius 1 is 1.15 bits per heavy atom. The van der Waals surface area contributed by atoms with Crippen LogP contribution in [0, 0.1) is 12.3 Å². The summed E-state index contributed by atoms with van der Waals surface area (Å²) in [6, 6.07) is 8.20. The second-order valence-corrected chi connectivity index (χ2v) is 9.82. The second-order valence-electron chi connectivity index (χ2n) is 8.65. The number of benzene rings is 1. The molecule has 174 valence electrons. The smallest absolute Gasteiger partial charge is 0.338 e. The third-order valence-corrected chi connectivity index (χ3v) is 6.16. The molecule has 1 N–H and O–H groups in total. The average molecular weight is 470 g/mol. The minimum absolute atomic E-state index is 0.0753. The van der Waals surface area contributed by atoms with Crippen LogP contribution in [0.4, 0.5) is 0 Å². The second kappa shape index (κ2) is 9.66. The summed E-state index contributed by atoms with van der Waals surface area (Å²) >= 11 is 1.25. The fourth-order valence-electron chi connectivity index (χ4n) is 3.16. The lowest BCUT2D eigenvalue weighted by Crippen LogP contribution is -2.34. The maximum Gasteiger partial charge on any atom is 0.338 e. The summed E-state index contributed by atoms with van der Waals surface area (Å²) in [6.45, 7) is 9.40. The zero-order valence-electron chi connectivity index (χ0n) is 19.4. The van der Waals surface area contributed by atoms with Gasteiger partial charge in [0.2, 0.25) is 11.7 Å². The van der Waals surface area contributed by atoms with Crippen molar-refractivity contribution >= 4 is 40.0 Å². The van der Waals surface area contributed by atoms with E-state index in [1.54, 1.807) is 41.8 Å². The maximum atomic E-state index is 12.5. The van der Waals surface area contributed by atoms with Gasteiger partial charge in [-0.15, -0.1) is 11.3 Å². The molecule has 1 aromatic carbocycles. The minimum Gasteiger partial charge on any atom is -0.454 e. The number of carbonyl (C=O) groups is 3. The van der Waals surface area contributed by atoms with Crippen molar-refractivity contribution in [3.05, 3.63) is 61.7 Å². The number of nitrogens with one attached hydrogen (secondary N) is 1. The van der Waals surface area contributed by atoms with Gasteiger partial charge in [0.15, 0.2) is 6.61 Å². The molecule has 33 heavy (non-hydrogen) atoms. The monoisotopic (exact) mass is 469 g/mol. The largest absolute Gasteiger partial charge is 0.454 e. The van der Waals surface area contributed by atoms with Crippen LogP contribution in [-0.2, 0) is 22.6 Å². The highest BCUT2D eigenvalue weighted by atomic mass is 32.1. The predicted octanol–water partition coefficient (Wildman–Crippen LogP) is 3.49. The first kappa shape index (κ1) is 24.3. The van der Waals surface area contributed by atoms with E-state index in [4.69, 9.17) is 4.74 Å². The molecule has 0 radical (unpaired) electrons. The highest BCUT2D eigenvalue weighted by Gasteiger charge is 2.21. The third-order valence-electron chi connectivity index (χ3n) is 5.04. The Bertz CT molecular complexity index is 1280. The summed E-state index contributed by atoms with van der Waals surface area (Å²) in [4.78, 5) is 54.7. The van der Waals surface area contributed by atoms with Gasteiger partial charge in [0, 0.05) is 16.8 Å². The van der Waals surface area contributed by atoms with Crippen LogP contribution in [0.2, 0.25) is 0 Å². The highest BCUT2D eigenvalue weighted by Crippen LogP contribution is 2.19. The first-order chi connectivity index (χ1) is 15.5. The molecule has 0 fully saturated rings. The molecule has 2 heterocycles. The molecule has 3 rings (SSSR count). The molecule has 0 aliphatic heterocycles.